The van der Waals surface area contributed by atoms with E-state index in [2.05, 4.69) is 11.5 Å². The number of nitrogens with two attached hydrogens (primary N) is 2. The van der Waals surface area contributed by atoms with E-state index in [0.717, 1.165) is 0 Å². The highest BCUT2D eigenvalue weighted by Gasteiger charge is 2.32. The molecule has 0 aliphatic rings. The van der Waals surface area contributed by atoms with Crippen molar-refractivity contribution in [3.05, 3.63) is 0 Å². The topological polar surface area (TPSA) is 127 Å². The fraction of sp³-hybridized carbons (Fsp3) is 0.500. The van der Waals surface area contributed by atoms with Crippen LogP contribution in [0.3, 0.4) is 0 Å². The molecule has 0 atom stereocenters. The van der Waals surface area contributed by atoms with E-state index in [1.54, 1.807) is 0 Å². The van der Waals surface area contributed by atoms with E-state index in [0.29, 0.717) is 0 Å². The summed E-state index contributed by atoms with van der Waals surface area (Å²) in [5.41, 5.74) is 9.02. The highest BCUT2D eigenvalue weighted by Crippen LogP contribution is 2.02. The predicted octanol–water partition coefficient (Wildman–Crippen LogP) is -2.97. The van der Waals surface area contributed by atoms with E-state index in [9.17, 15) is 9.59 Å². The molecule has 0 aromatic rings. The number of hydrogen-bond donors (Lipinski definition) is 4. The smallest absolute Gasteiger partial charge is 0.277 e. The Kier molecular flexibility index (Phi) is 2.33. The van der Waals surface area contributed by atoms with Gasteiger partial charge >= 0.3 is 0 Å². The average molecular weight is 148 g/mol. The molecular formula is C4H8N2O4. The Balaban J connectivity index is 4.13. The van der Waals surface area contributed by atoms with Gasteiger partial charge in [0.2, 0.25) is 5.91 Å². The zero-order valence-corrected chi connectivity index (χ0v) is 5.07. The summed E-state index contributed by atoms with van der Waals surface area (Å²) in [4.78, 5) is 20.1. The molecule has 0 aliphatic carbocycles. The molecule has 0 spiro atoms. The van der Waals surface area contributed by atoms with E-state index in [4.69, 9.17) is 10.2 Å². The van der Waals surface area contributed by atoms with Crippen molar-refractivity contribution in [3.63, 3.8) is 0 Å². The minimum absolute atomic E-state index is 0.887. The van der Waals surface area contributed by atoms with Crippen molar-refractivity contribution in [2.45, 2.75) is 12.2 Å². The predicted molar refractivity (Wildman–Crippen MR) is 30.2 cm³/mol. The fourth-order valence-electron chi connectivity index (χ4n) is 0.330. The second kappa shape index (κ2) is 2.63. The molecule has 10 heavy (non-hydrogen) atoms. The summed E-state index contributed by atoms with van der Waals surface area (Å²) in [7, 11) is 0. The normalized spacial score (nSPS) is 11.0. The molecule has 6 heteroatoms. The third-order valence-electron chi connectivity index (χ3n) is 0.815. The van der Waals surface area contributed by atoms with Crippen molar-refractivity contribution in [1.29, 1.82) is 0 Å². The van der Waals surface area contributed by atoms with Crippen LogP contribution in [0.1, 0.15) is 6.42 Å². The summed E-state index contributed by atoms with van der Waals surface area (Å²) in [6, 6.07) is 0. The Morgan fingerprint density at radius 3 is 1.80 bits per heavy atom. The molecule has 0 saturated carbocycles. The SMILES string of the molecule is NC(=O)CC(O)(O)C(N)=O. The van der Waals surface area contributed by atoms with Crippen LogP contribution in [0, 0.1) is 0 Å². The molecule has 2 amide bonds. The van der Waals surface area contributed by atoms with Gasteiger partial charge in [-0.05, 0) is 0 Å². The Morgan fingerprint density at radius 1 is 1.30 bits per heavy atom. The first-order chi connectivity index (χ1) is 4.36. The molecule has 0 aliphatic heterocycles. The minimum Gasteiger partial charge on any atom is -0.369 e. The second-order valence-corrected chi connectivity index (χ2v) is 1.82. The zero-order valence-electron chi connectivity index (χ0n) is 5.07. The average Bonchev–Trinajstić information content (AvgIpc) is 1.60. The monoisotopic (exact) mass is 148 g/mol. The Labute approximate surface area is 56.4 Å². The van der Waals surface area contributed by atoms with E-state index in [1.807, 2.05) is 0 Å². The van der Waals surface area contributed by atoms with Gasteiger partial charge in [0, 0.05) is 0 Å². The largest absolute Gasteiger partial charge is 0.369 e. The van der Waals surface area contributed by atoms with Gasteiger partial charge in [0.15, 0.2) is 0 Å². The molecule has 58 valence electrons. The molecule has 0 fully saturated rings. The van der Waals surface area contributed by atoms with Crippen LogP contribution in [0.25, 0.3) is 0 Å². The Bertz CT molecular complexity index is 165. The number of primary amides is 2. The second-order valence-electron chi connectivity index (χ2n) is 1.82. The van der Waals surface area contributed by atoms with Crippen LogP contribution >= 0.6 is 0 Å². The third-order valence-corrected chi connectivity index (χ3v) is 0.815. The number of rotatable bonds is 3. The molecule has 0 heterocycles. The molecule has 6 N–H and O–H groups in total. The molecule has 0 unspecified atom stereocenters. The number of hydrogen-bond acceptors (Lipinski definition) is 4. The number of amides is 2. The van der Waals surface area contributed by atoms with Crippen molar-refractivity contribution >= 4 is 11.8 Å². The van der Waals surface area contributed by atoms with Crippen LogP contribution in [0.4, 0.5) is 0 Å². The van der Waals surface area contributed by atoms with E-state index in [-0.39, 0.29) is 0 Å². The van der Waals surface area contributed by atoms with Gasteiger partial charge in [0.05, 0.1) is 6.42 Å². The summed E-state index contributed by atoms with van der Waals surface area (Å²) < 4.78 is 0. The van der Waals surface area contributed by atoms with E-state index in [1.165, 1.54) is 0 Å². The number of carbonyl (C=O) groups is 2. The van der Waals surface area contributed by atoms with Crippen LogP contribution in [0.5, 0.6) is 0 Å². The maximum atomic E-state index is 10.1. The van der Waals surface area contributed by atoms with Gasteiger partial charge < -0.3 is 21.7 Å². The third kappa shape index (κ3) is 2.42. The first-order valence-corrected chi connectivity index (χ1v) is 2.39. The summed E-state index contributed by atoms with van der Waals surface area (Å²) in [5, 5.41) is 17.1. The molecule has 0 bridgehead atoms. The van der Waals surface area contributed by atoms with Crippen LogP contribution in [-0.2, 0) is 9.59 Å². The quantitative estimate of drug-likeness (QED) is 0.318. The van der Waals surface area contributed by atoms with Crippen molar-refractivity contribution in [2.75, 3.05) is 0 Å². The van der Waals surface area contributed by atoms with Gasteiger partial charge in [0.25, 0.3) is 11.7 Å². The molecule has 6 nitrogen and oxygen atoms in total. The summed E-state index contributed by atoms with van der Waals surface area (Å²) in [6.07, 6.45) is -0.887. The fourth-order valence-corrected chi connectivity index (χ4v) is 0.330. The zero-order chi connectivity index (χ0) is 8.36. The maximum Gasteiger partial charge on any atom is 0.277 e. The Hall–Kier alpha value is -1.14. The van der Waals surface area contributed by atoms with Crippen LogP contribution in [-0.4, -0.2) is 27.8 Å². The van der Waals surface area contributed by atoms with Crippen molar-refractivity contribution in [1.82, 2.24) is 0 Å². The lowest BCUT2D eigenvalue weighted by Gasteiger charge is -2.14. The lowest BCUT2D eigenvalue weighted by molar-refractivity contribution is -0.185. The summed E-state index contributed by atoms with van der Waals surface area (Å²) in [6.45, 7) is 0. The van der Waals surface area contributed by atoms with E-state index < -0.39 is 24.0 Å². The summed E-state index contributed by atoms with van der Waals surface area (Å²) in [5.74, 6) is -5.22. The van der Waals surface area contributed by atoms with Gasteiger partial charge in [0.1, 0.15) is 0 Å². The van der Waals surface area contributed by atoms with Gasteiger partial charge in [-0.1, -0.05) is 0 Å². The molecule has 0 aromatic carbocycles. The van der Waals surface area contributed by atoms with Crippen molar-refractivity contribution < 1.29 is 19.8 Å². The number of carbonyl (C=O) groups excluding carboxylic acids is 2. The molecular weight excluding hydrogens is 140 g/mol. The lowest BCUT2D eigenvalue weighted by atomic mass is 10.2. The van der Waals surface area contributed by atoms with Gasteiger partial charge in [-0.3, -0.25) is 9.59 Å². The molecule has 0 rings (SSSR count). The maximum absolute atomic E-state index is 10.1. The standard InChI is InChI=1S/C4H8N2O4/c5-2(7)1-4(9,10)3(6)8/h9-10H,1H2,(H2,5,7)(H2,6,8). The highest BCUT2D eigenvalue weighted by atomic mass is 16.5. The van der Waals surface area contributed by atoms with Crippen molar-refractivity contribution in [3.8, 4) is 0 Å². The summed E-state index contributed by atoms with van der Waals surface area (Å²) >= 11 is 0. The van der Waals surface area contributed by atoms with Gasteiger partial charge in [-0.15, -0.1) is 0 Å². The molecule has 0 aromatic heterocycles. The van der Waals surface area contributed by atoms with Crippen molar-refractivity contribution in [2.24, 2.45) is 11.5 Å². The Morgan fingerprint density at radius 2 is 1.70 bits per heavy atom. The van der Waals surface area contributed by atoms with Crippen LogP contribution in [0.15, 0.2) is 0 Å². The first-order valence-electron chi connectivity index (χ1n) is 2.39. The van der Waals surface area contributed by atoms with Gasteiger partial charge in [-0.25, -0.2) is 0 Å². The first kappa shape index (κ1) is 8.86. The lowest BCUT2D eigenvalue weighted by Crippen LogP contribution is -2.46. The highest BCUT2D eigenvalue weighted by molar-refractivity contribution is 5.87. The molecule has 0 saturated heterocycles. The van der Waals surface area contributed by atoms with Crippen LogP contribution < -0.4 is 11.5 Å². The van der Waals surface area contributed by atoms with Crippen LogP contribution in [0.2, 0.25) is 0 Å². The van der Waals surface area contributed by atoms with E-state index >= 15 is 0 Å². The minimum atomic E-state index is -2.81. The molecule has 0 radical (unpaired) electrons. The number of aliphatic hydroxyl groups is 2. The van der Waals surface area contributed by atoms with Gasteiger partial charge in [-0.2, -0.15) is 0 Å².